The Labute approximate surface area is 127 Å². The maximum absolute atomic E-state index is 9.07. The van der Waals surface area contributed by atoms with E-state index < -0.39 is 0 Å². The number of hydrogen-bond acceptors (Lipinski definition) is 2. The molecular weight excluding hydrogens is 258 g/mol. The van der Waals surface area contributed by atoms with E-state index >= 15 is 0 Å². The number of benzene rings is 1. The van der Waals surface area contributed by atoms with Crippen LogP contribution in [0, 0.1) is 11.3 Å². The zero-order valence-electron chi connectivity index (χ0n) is 13.6. The first-order chi connectivity index (χ1) is 10.1. The molecule has 2 rings (SSSR count). The molecule has 1 aromatic heterocycles. The highest BCUT2D eigenvalue weighted by Gasteiger charge is 2.20. The maximum atomic E-state index is 9.07. The predicted molar refractivity (Wildman–Crippen MR) is 87.4 cm³/mol. The molecule has 3 heteroatoms. The lowest BCUT2D eigenvalue weighted by Gasteiger charge is -2.19. The fraction of sp³-hybridized carbons (Fsp3) is 0.556. The Bertz CT molecular complexity index is 646. The molecular formula is C18H25N3. The third-order valence-electron chi connectivity index (χ3n) is 4.13. The van der Waals surface area contributed by atoms with Gasteiger partial charge in [-0.25, -0.2) is 4.98 Å². The molecule has 0 saturated heterocycles. The van der Waals surface area contributed by atoms with Crippen molar-refractivity contribution in [3.8, 4) is 6.07 Å². The van der Waals surface area contributed by atoms with Gasteiger partial charge in [0.1, 0.15) is 5.82 Å². The summed E-state index contributed by atoms with van der Waals surface area (Å²) in [5.41, 5.74) is 2.78. The summed E-state index contributed by atoms with van der Waals surface area (Å²) in [4.78, 5) is 4.88. The van der Waals surface area contributed by atoms with Crippen LogP contribution in [-0.4, -0.2) is 9.55 Å². The topological polar surface area (TPSA) is 41.6 Å². The Balaban J connectivity index is 2.55. The zero-order chi connectivity index (χ0) is 15.4. The normalized spacial score (nSPS) is 12.8. The van der Waals surface area contributed by atoms with E-state index in [1.807, 2.05) is 18.2 Å². The van der Waals surface area contributed by atoms with E-state index in [-0.39, 0.29) is 0 Å². The highest BCUT2D eigenvalue weighted by Crippen LogP contribution is 2.31. The lowest BCUT2D eigenvalue weighted by molar-refractivity contribution is 0.491. The number of imidazole rings is 1. The molecule has 1 aromatic carbocycles. The van der Waals surface area contributed by atoms with Gasteiger partial charge in [-0.2, -0.15) is 5.26 Å². The van der Waals surface area contributed by atoms with Crippen LogP contribution in [0.2, 0.25) is 0 Å². The molecule has 0 N–H and O–H groups in total. The highest BCUT2D eigenvalue weighted by atomic mass is 15.1. The van der Waals surface area contributed by atoms with E-state index in [2.05, 4.69) is 38.3 Å². The van der Waals surface area contributed by atoms with Gasteiger partial charge < -0.3 is 4.57 Å². The minimum atomic E-state index is 0.383. The molecule has 0 radical (unpaired) electrons. The van der Waals surface area contributed by atoms with Crippen molar-refractivity contribution in [1.82, 2.24) is 9.55 Å². The van der Waals surface area contributed by atoms with Crippen LogP contribution in [0.5, 0.6) is 0 Å². The van der Waals surface area contributed by atoms with E-state index in [0.29, 0.717) is 17.5 Å². The first-order valence-electron chi connectivity index (χ1n) is 8.04. The van der Waals surface area contributed by atoms with Gasteiger partial charge in [-0.05, 0) is 44.9 Å². The molecule has 112 valence electrons. The molecule has 1 unspecified atom stereocenters. The molecule has 0 aliphatic rings. The van der Waals surface area contributed by atoms with Crippen LogP contribution in [0.4, 0.5) is 0 Å². The third-order valence-corrected chi connectivity index (χ3v) is 4.13. The molecule has 0 amide bonds. The molecule has 2 aromatic rings. The van der Waals surface area contributed by atoms with Gasteiger partial charge in [-0.3, -0.25) is 0 Å². The maximum Gasteiger partial charge on any atom is 0.113 e. The van der Waals surface area contributed by atoms with Gasteiger partial charge in [-0.15, -0.1) is 0 Å². The van der Waals surface area contributed by atoms with Gasteiger partial charge in [0.2, 0.25) is 0 Å². The lowest BCUT2D eigenvalue weighted by Crippen LogP contribution is -2.11. The number of nitriles is 1. The van der Waals surface area contributed by atoms with Gasteiger partial charge in [0.15, 0.2) is 0 Å². The number of hydrogen-bond donors (Lipinski definition) is 0. The van der Waals surface area contributed by atoms with Gasteiger partial charge in [0.05, 0.1) is 22.7 Å². The van der Waals surface area contributed by atoms with Gasteiger partial charge in [0.25, 0.3) is 0 Å². The first kappa shape index (κ1) is 15.6. The Hall–Kier alpha value is -1.82. The summed E-state index contributed by atoms with van der Waals surface area (Å²) in [6.07, 6.45) is 4.76. The minimum Gasteiger partial charge on any atom is -0.325 e. The van der Waals surface area contributed by atoms with E-state index in [0.717, 1.165) is 17.5 Å². The summed E-state index contributed by atoms with van der Waals surface area (Å²) < 4.78 is 2.35. The molecule has 0 saturated carbocycles. The second-order valence-corrected chi connectivity index (χ2v) is 6.00. The van der Waals surface area contributed by atoms with Crippen molar-refractivity contribution in [3.05, 3.63) is 29.6 Å². The van der Waals surface area contributed by atoms with Crippen LogP contribution in [0.15, 0.2) is 18.2 Å². The van der Waals surface area contributed by atoms with E-state index in [4.69, 9.17) is 10.2 Å². The predicted octanol–water partition coefficient (Wildman–Crippen LogP) is 5.17. The smallest absolute Gasteiger partial charge is 0.113 e. The summed E-state index contributed by atoms with van der Waals surface area (Å²) in [6, 6.07) is 8.42. The molecule has 0 aliphatic carbocycles. The lowest BCUT2D eigenvalue weighted by atomic mass is 9.98. The first-order valence-corrected chi connectivity index (χ1v) is 8.04. The van der Waals surface area contributed by atoms with Crippen LogP contribution in [0.25, 0.3) is 11.0 Å². The van der Waals surface area contributed by atoms with Crippen molar-refractivity contribution in [1.29, 1.82) is 5.26 Å². The summed E-state index contributed by atoms with van der Waals surface area (Å²) in [7, 11) is 0. The average Bonchev–Trinajstić information content (AvgIpc) is 2.86. The Morgan fingerprint density at radius 2 is 2.05 bits per heavy atom. The Kier molecular flexibility index (Phi) is 5.01. The van der Waals surface area contributed by atoms with Crippen LogP contribution in [0.3, 0.4) is 0 Å². The Morgan fingerprint density at radius 3 is 2.62 bits per heavy atom. The minimum absolute atomic E-state index is 0.383. The number of aromatic nitrogens is 2. The van der Waals surface area contributed by atoms with Gasteiger partial charge >= 0.3 is 0 Å². The Morgan fingerprint density at radius 1 is 1.29 bits per heavy atom. The molecule has 0 fully saturated rings. The second-order valence-electron chi connectivity index (χ2n) is 6.00. The van der Waals surface area contributed by atoms with E-state index in [1.54, 1.807) is 0 Å². The SMILES string of the molecule is CCCCC(CC)c1nc2cc(C#N)ccc2n1C(C)C. The molecule has 0 aliphatic heterocycles. The van der Waals surface area contributed by atoms with E-state index in [9.17, 15) is 0 Å². The van der Waals surface area contributed by atoms with Gasteiger partial charge in [0, 0.05) is 12.0 Å². The van der Waals surface area contributed by atoms with E-state index in [1.165, 1.54) is 25.1 Å². The van der Waals surface area contributed by atoms with Crippen LogP contribution in [0.1, 0.15) is 76.7 Å². The molecule has 0 bridgehead atoms. The number of unbranched alkanes of at least 4 members (excludes halogenated alkanes) is 1. The molecule has 21 heavy (non-hydrogen) atoms. The average molecular weight is 283 g/mol. The van der Waals surface area contributed by atoms with Gasteiger partial charge in [-0.1, -0.05) is 26.7 Å². The zero-order valence-corrected chi connectivity index (χ0v) is 13.6. The summed E-state index contributed by atoms with van der Waals surface area (Å²) in [5.74, 6) is 1.69. The monoisotopic (exact) mass is 283 g/mol. The van der Waals surface area contributed by atoms with Crippen molar-refractivity contribution in [3.63, 3.8) is 0 Å². The van der Waals surface area contributed by atoms with Crippen molar-refractivity contribution < 1.29 is 0 Å². The van der Waals surface area contributed by atoms with Crippen LogP contribution >= 0.6 is 0 Å². The fourth-order valence-corrected chi connectivity index (χ4v) is 2.98. The molecule has 1 heterocycles. The summed E-state index contributed by atoms with van der Waals surface area (Å²) in [6.45, 7) is 8.88. The molecule has 3 nitrogen and oxygen atoms in total. The molecule has 1 atom stereocenters. The second kappa shape index (κ2) is 6.76. The van der Waals surface area contributed by atoms with Crippen LogP contribution < -0.4 is 0 Å². The van der Waals surface area contributed by atoms with Crippen molar-refractivity contribution >= 4 is 11.0 Å². The summed E-state index contributed by atoms with van der Waals surface area (Å²) >= 11 is 0. The standard InChI is InChI=1S/C18H25N3/c1-5-7-8-15(6-2)18-20-16-11-14(12-19)9-10-17(16)21(18)13(3)4/h9-11,13,15H,5-8H2,1-4H3. The number of rotatable bonds is 6. The fourth-order valence-electron chi connectivity index (χ4n) is 2.98. The largest absolute Gasteiger partial charge is 0.325 e. The van der Waals surface area contributed by atoms with Crippen molar-refractivity contribution in [2.24, 2.45) is 0 Å². The number of fused-ring (bicyclic) bond motifs is 1. The summed E-state index contributed by atoms with van der Waals surface area (Å²) in [5, 5.41) is 9.07. The van der Waals surface area contributed by atoms with Crippen LogP contribution in [-0.2, 0) is 0 Å². The molecule has 0 spiro atoms. The quantitative estimate of drug-likeness (QED) is 0.733. The van der Waals surface area contributed by atoms with Crippen molar-refractivity contribution in [2.45, 2.75) is 65.3 Å². The highest BCUT2D eigenvalue weighted by molar-refractivity contribution is 5.78. The third kappa shape index (κ3) is 3.10. The van der Waals surface area contributed by atoms with Crippen molar-refractivity contribution in [2.75, 3.05) is 0 Å². The number of nitrogens with zero attached hydrogens (tertiary/aromatic N) is 3.